The molecule has 2 amide bonds. The molecule has 2 aromatic heterocycles. The number of carbonyl (C=O) groups excluding carboxylic acids is 2. The monoisotopic (exact) mass is 690 g/mol. The number of likely N-dealkylation sites (tertiary alicyclic amines) is 2. The molecule has 52 heavy (non-hydrogen) atoms. The lowest BCUT2D eigenvalue weighted by molar-refractivity contribution is -0.129. The van der Waals surface area contributed by atoms with Crippen molar-refractivity contribution in [3.8, 4) is 33.6 Å². The van der Waals surface area contributed by atoms with Crippen molar-refractivity contribution in [2.75, 3.05) is 13.1 Å². The first-order valence-corrected chi connectivity index (χ1v) is 17.5. The normalized spacial score (nSPS) is 20.0. The standard InChI is InChI=1S/C42H38N6O4/c49-33-21-37(47(25-33)39(51)19-27-7-3-1-4-8-27)41-43-23-35(45-41)31-15-11-29(12-16-31)30-13-17-32(18-14-30)36-24-44-42(46-36)38-22-34(50)26-48(38)40(52)20-28-9-5-2-6-10-28/h1-20,23-24,33-34,37-38,49-50H,21-22,25-26H2,(H,43,45)(H,44,46)/t33-,34?,37+,38?/m1/s1. The van der Waals surface area contributed by atoms with Gasteiger partial charge in [0.15, 0.2) is 0 Å². The van der Waals surface area contributed by atoms with Crippen LogP contribution in [0.3, 0.4) is 0 Å². The molecule has 6 aromatic rings. The number of hydrogen-bond donors (Lipinski definition) is 4. The van der Waals surface area contributed by atoms with Gasteiger partial charge in [0.25, 0.3) is 0 Å². The molecule has 4 heterocycles. The van der Waals surface area contributed by atoms with Gasteiger partial charge in [0.05, 0.1) is 60.9 Å². The van der Waals surface area contributed by atoms with E-state index in [1.165, 1.54) is 0 Å². The number of aliphatic hydroxyl groups is 2. The average Bonchev–Trinajstić information content (AvgIpc) is 3.99. The fourth-order valence-corrected chi connectivity index (χ4v) is 7.17. The van der Waals surface area contributed by atoms with Crippen molar-refractivity contribution < 1.29 is 19.8 Å². The van der Waals surface area contributed by atoms with Crippen LogP contribution in [0.25, 0.3) is 33.6 Å². The predicted molar refractivity (Wildman–Crippen MR) is 197 cm³/mol. The fraction of sp³-hybridized carbons (Fsp3) is 0.190. The Balaban J connectivity index is 0.923. The Labute approximate surface area is 301 Å². The Morgan fingerprint density at radius 3 is 1.31 bits per heavy atom. The molecular formula is C42H38N6O4. The minimum atomic E-state index is -0.612. The Morgan fingerprint density at radius 2 is 0.923 bits per heavy atom. The lowest BCUT2D eigenvalue weighted by Crippen LogP contribution is -2.32. The fourth-order valence-electron chi connectivity index (χ4n) is 7.17. The van der Waals surface area contributed by atoms with Crippen molar-refractivity contribution in [3.63, 3.8) is 0 Å². The van der Waals surface area contributed by atoms with Gasteiger partial charge in [-0.2, -0.15) is 0 Å². The number of amides is 2. The van der Waals surface area contributed by atoms with Crippen molar-refractivity contribution in [1.82, 2.24) is 29.7 Å². The van der Waals surface area contributed by atoms with Crippen molar-refractivity contribution in [3.05, 3.63) is 157 Å². The van der Waals surface area contributed by atoms with Crippen LogP contribution in [-0.4, -0.2) is 77.1 Å². The molecule has 2 saturated heterocycles. The van der Waals surface area contributed by atoms with E-state index in [1.807, 2.05) is 84.9 Å². The van der Waals surface area contributed by atoms with Crippen molar-refractivity contribution in [2.24, 2.45) is 0 Å². The van der Waals surface area contributed by atoms with Crippen LogP contribution in [0, 0.1) is 12.8 Å². The third-order valence-corrected chi connectivity index (χ3v) is 9.85. The van der Waals surface area contributed by atoms with Gasteiger partial charge in [-0.05, 0) is 33.4 Å². The number of imidazole rings is 2. The molecule has 10 heteroatoms. The average molecular weight is 691 g/mol. The van der Waals surface area contributed by atoms with Crippen LogP contribution in [0.4, 0.5) is 0 Å². The maximum atomic E-state index is 13.1. The van der Waals surface area contributed by atoms with Gasteiger partial charge in [0, 0.05) is 25.9 Å². The molecule has 0 aliphatic carbocycles. The quantitative estimate of drug-likeness (QED) is 0.149. The topological polar surface area (TPSA) is 138 Å². The van der Waals surface area contributed by atoms with E-state index in [1.54, 1.807) is 35.0 Å². The number of β-amino-alcohol motifs (C(OH)–C–C–N with tert-alkyl or cyclic N) is 2. The van der Waals surface area contributed by atoms with E-state index in [-0.39, 0.29) is 37.0 Å². The summed E-state index contributed by atoms with van der Waals surface area (Å²) in [5, 5.41) is 20.9. The van der Waals surface area contributed by atoms with Gasteiger partial charge >= 0.3 is 0 Å². The molecule has 2 fully saturated rings. The minimum Gasteiger partial charge on any atom is -0.391 e. The van der Waals surface area contributed by atoms with Crippen LogP contribution in [0.15, 0.2) is 122 Å². The van der Waals surface area contributed by atoms with Crippen molar-refractivity contribution in [2.45, 2.75) is 37.1 Å². The maximum absolute atomic E-state index is 13.1. The van der Waals surface area contributed by atoms with E-state index in [2.05, 4.69) is 44.2 Å². The molecule has 10 nitrogen and oxygen atoms in total. The summed E-state index contributed by atoms with van der Waals surface area (Å²) < 4.78 is 0. The first-order valence-electron chi connectivity index (χ1n) is 17.5. The summed E-state index contributed by atoms with van der Waals surface area (Å²) in [5.41, 5.74) is 7.33. The number of hydrogen-bond acceptors (Lipinski definition) is 6. The number of nitrogens with zero attached hydrogens (tertiary/aromatic N) is 4. The summed E-state index contributed by atoms with van der Waals surface area (Å²) in [6.45, 7) is 0.520. The number of nitrogens with one attached hydrogen (secondary N) is 2. The smallest absolute Gasteiger partial charge is 0.231 e. The molecule has 8 rings (SSSR count). The van der Waals surface area contributed by atoms with Gasteiger partial charge in [-0.25, -0.2) is 9.97 Å². The van der Waals surface area contributed by atoms with E-state index in [9.17, 15) is 19.8 Å². The van der Waals surface area contributed by atoms with Crippen LogP contribution in [0.5, 0.6) is 0 Å². The number of H-pyrrole nitrogens is 2. The Bertz CT molecular complexity index is 1990. The molecule has 4 atom stereocenters. The first-order chi connectivity index (χ1) is 25.4. The molecule has 2 unspecified atom stereocenters. The highest BCUT2D eigenvalue weighted by Gasteiger charge is 2.38. The third-order valence-electron chi connectivity index (χ3n) is 9.85. The predicted octanol–water partition coefficient (Wildman–Crippen LogP) is 5.91. The molecule has 0 bridgehead atoms. The third kappa shape index (κ3) is 7.03. The lowest BCUT2D eigenvalue weighted by atomic mass is 10.0. The highest BCUT2D eigenvalue weighted by molar-refractivity contribution is 5.89. The van der Waals surface area contributed by atoms with Crippen LogP contribution in [0.2, 0.25) is 0 Å². The van der Waals surface area contributed by atoms with Crippen LogP contribution >= 0.6 is 0 Å². The van der Waals surface area contributed by atoms with E-state index >= 15 is 0 Å². The maximum Gasteiger partial charge on any atom is 0.231 e. The number of aliphatic hydroxyl groups excluding tert-OH is 2. The number of rotatable bonds is 9. The lowest BCUT2D eigenvalue weighted by Gasteiger charge is -2.22. The van der Waals surface area contributed by atoms with Gasteiger partial charge in [-0.15, -0.1) is 0 Å². The van der Waals surface area contributed by atoms with Gasteiger partial charge in [-0.3, -0.25) is 9.59 Å². The van der Waals surface area contributed by atoms with Crippen molar-refractivity contribution in [1.29, 1.82) is 0 Å². The summed E-state index contributed by atoms with van der Waals surface area (Å²) in [6, 6.07) is 34.6. The second-order valence-corrected chi connectivity index (χ2v) is 13.4. The summed E-state index contributed by atoms with van der Waals surface area (Å²) in [6.07, 6.45) is 6.36. The highest BCUT2D eigenvalue weighted by Crippen LogP contribution is 2.35. The molecule has 2 aliphatic rings. The van der Waals surface area contributed by atoms with E-state index in [0.717, 1.165) is 44.8 Å². The van der Waals surface area contributed by atoms with Crippen molar-refractivity contribution >= 4 is 11.8 Å². The number of aromatic amines is 2. The Kier molecular flexibility index (Phi) is 9.24. The second kappa shape index (κ2) is 14.4. The first kappa shape index (κ1) is 33.3. The zero-order valence-electron chi connectivity index (χ0n) is 28.3. The molecule has 2 aliphatic heterocycles. The van der Waals surface area contributed by atoms with Gasteiger partial charge in [0.2, 0.25) is 11.8 Å². The van der Waals surface area contributed by atoms with Crippen LogP contribution < -0.4 is 0 Å². The Hall–Kier alpha value is -5.84. The molecule has 260 valence electrons. The van der Waals surface area contributed by atoms with Crippen LogP contribution in [0.1, 0.15) is 47.7 Å². The summed E-state index contributed by atoms with van der Waals surface area (Å²) >= 11 is 0. The van der Waals surface area contributed by atoms with Gasteiger partial charge in [-0.1, -0.05) is 109 Å². The summed E-state index contributed by atoms with van der Waals surface area (Å²) in [5.74, 6) is 0.993. The zero-order chi connectivity index (χ0) is 35.6. The van der Waals surface area contributed by atoms with Gasteiger partial charge < -0.3 is 30.0 Å². The second-order valence-electron chi connectivity index (χ2n) is 13.4. The zero-order valence-corrected chi connectivity index (χ0v) is 28.3. The number of benzene rings is 4. The molecule has 2 radical (unpaired) electrons. The largest absolute Gasteiger partial charge is 0.391 e. The summed E-state index contributed by atoms with van der Waals surface area (Å²) in [4.78, 5) is 45.6. The minimum absolute atomic E-state index is 0.154. The molecule has 0 spiro atoms. The van der Waals surface area contributed by atoms with Crippen LogP contribution in [-0.2, 0) is 9.59 Å². The number of aromatic nitrogens is 4. The highest BCUT2D eigenvalue weighted by atomic mass is 16.3. The molecule has 0 saturated carbocycles. The molecule has 4 aromatic carbocycles. The number of carbonyl (C=O) groups is 2. The van der Waals surface area contributed by atoms with E-state index < -0.39 is 12.2 Å². The molecular weight excluding hydrogens is 652 g/mol. The van der Waals surface area contributed by atoms with Gasteiger partial charge in [0.1, 0.15) is 11.6 Å². The summed E-state index contributed by atoms with van der Waals surface area (Å²) in [7, 11) is 0. The SMILES string of the molecule is O=C([CH]c1ccccc1)N1CC(O)CC1c1ncc(-c2ccc(-c3ccc(-c4cnc([C@@H]5C[C@@H](O)CN5C(=O)[CH]c5ccccc5)[nH]4)cc3)cc2)[nH]1. The Morgan fingerprint density at radius 1 is 0.558 bits per heavy atom. The van der Waals surface area contributed by atoms with E-state index in [0.29, 0.717) is 24.5 Å². The molecule has 4 N–H and O–H groups in total. The van der Waals surface area contributed by atoms with E-state index in [4.69, 9.17) is 0 Å².